The number of nitrogens with zero attached hydrogens (tertiary/aromatic N) is 3. The summed E-state index contributed by atoms with van der Waals surface area (Å²) in [4.78, 5) is 19.5. The van der Waals surface area contributed by atoms with Gasteiger partial charge in [0.15, 0.2) is 0 Å². The van der Waals surface area contributed by atoms with Crippen LogP contribution in [-0.4, -0.2) is 14.9 Å². The normalized spacial score (nSPS) is 11.1. The molecule has 5 heteroatoms. The number of hydrogen-bond acceptors (Lipinski definition) is 4. The van der Waals surface area contributed by atoms with Gasteiger partial charge in [-0.25, -0.2) is 9.97 Å². The number of non-ortho nitro benzene ring substituents is 1. The van der Waals surface area contributed by atoms with Gasteiger partial charge in [-0.1, -0.05) is 30.3 Å². The summed E-state index contributed by atoms with van der Waals surface area (Å²) in [5.74, 6) is 0. The zero-order chi connectivity index (χ0) is 15.5. The van der Waals surface area contributed by atoms with E-state index in [1.165, 1.54) is 12.1 Å². The molecule has 0 N–H and O–H groups in total. The van der Waals surface area contributed by atoms with Crippen molar-refractivity contribution in [2.24, 2.45) is 0 Å². The van der Waals surface area contributed by atoms with Crippen LogP contribution in [0.3, 0.4) is 0 Å². The fourth-order valence-corrected chi connectivity index (χ4v) is 2.18. The highest BCUT2D eigenvalue weighted by Gasteiger charge is 2.05. The van der Waals surface area contributed by atoms with Crippen molar-refractivity contribution in [3.63, 3.8) is 0 Å². The minimum absolute atomic E-state index is 0.0727. The minimum Gasteiger partial charge on any atom is -0.258 e. The number of fused-ring (bicyclic) bond motifs is 1. The molecule has 22 heavy (non-hydrogen) atoms. The predicted octanol–water partition coefficient (Wildman–Crippen LogP) is 4.02. The molecule has 1 heterocycles. The van der Waals surface area contributed by atoms with Crippen molar-refractivity contribution in [2.75, 3.05) is 0 Å². The Morgan fingerprint density at radius 1 is 1.00 bits per heavy atom. The largest absolute Gasteiger partial charge is 0.270 e. The zero-order valence-electron chi connectivity index (χ0n) is 11.9. The quantitative estimate of drug-likeness (QED) is 0.540. The highest BCUT2D eigenvalue weighted by molar-refractivity contribution is 5.78. The van der Waals surface area contributed by atoms with Crippen molar-refractivity contribution in [3.05, 3.63) is 75.6 Å². The van der Waals surface area contributed by atoms with Crippen LogP contribution in [0.4, 0.5) is 5.69 Å². The summed E-state index contributed by atoms with van der Waals surface area (Å²) in [5.41, 5.74) is 4.08. The van der Waals surface area contributed by atoms with Gasteiger partial charge in [-0.05, 0) is 30.7 Å². The van der Waals surface area contributed by atoms with E-state index in [0.717, 1.165) is 28.0 Å². The van der Waals surface area contributed by atoms with Gasteiger partial charge in [-0.2, -0.15) is 0 Å². The van der Waals surface area contributed by atoms with E-state index in [-0.39, 0.29) is 5.69 Å². The third kappa shape index (κ3) is 2.83. The average molecular weight is 291 g/mol. The van der Waals surface area contributed by atoms with E-state index in [9.17, 15) is 10.1 Å². The van der Waals surface area contributed by atoms with Gasteiger partial charge in [0.2, 0.25) is 0 Å². The maximum absolute atomic E-state index is 10.8. The number of rotatable bonds is 3. The number of benzene rings is 2. The molecule has 0 aliphatic carbocycles. The number of aryl methyl sites for hydroxylation is 1. The molecule has 3 rings (SSSR count). The molecule has 3 aromatic rings. The SMILES string of the molecule is Cc1nc2ccccc2nc1/C=C/c1cccc([N+](=O)[O-])c1. The lowest BCUT2D eigenvalue weighted by Crippen LogP contribution is -1.93. The first-order chi connectivity index (χ1) is 10.6. The molecular weight excluding hydrogens is 278 g/mol. The van der Waals surface area contributed by atoms with Gasteiger partial charge >= 0.3 is 0 Å². The summed E-state index contributed by atoms with van der Waals surface area (Å²) < 4.78 is 0. The second-order valence-corrected chi connectivity index (χ2v) is 4.87. The predicted molar refractivity (Wildman–Crippen MR) is 86.3 cm³/mol. The Kier molecular flexibility index (Phi) is 3.62. The summed E-state index contributed by atoms with van der Waals surface area (Å²) >= 11 is 0. The lowest BCUT2D eigenvalue weighted by atomic mass is 10.1. The molecule has 0 bridgehead atoms. The Bertz CT molecular complexity index is 888. The molecule has 0 aliphatic rings. The highest BCUT2D eigenvalue weighted by Crippen LogP contribution is 2.17. The number of hydrogen-bond donors (Lipinski definition) is 0. The first-order valence-electron chi connectivity index (χ1n) is 6.79. The molecule has 108 valence electrons. The molecule has 0 atom stereocenters. The van der Waals surface area contributed by atoms with E-state index in [1.807, 2.05) is 43.3 Å². The van der Waals surface area contributed by atoms with E-state index in [2.05, 4.69) is 9.97 Å². The van der Waals surface area contributed by atoms with Gasteiger partial charge in [0.1, 0.15) is 0 Å². The fraction of sp³-hybridized carbons (Fsp3) is 0.0588. The molecule has 0 radical (unpaired) electrons. The highest BCUT2D eigenvalue weighted by atomic mass is 16.6. The Morgan fingerprint density at radius 3 is 2.45 bits per heavy atom. The molecular formula is C17H13N3O2. The Balaban J connectivity index is 1.97. The van der Waals surface area contributed by atoms with Gasteiger partial charge in [-0.15, -0.1) is 0 Å². The smallest absolute Gasteiger partial charge is 0.258 e. The summed E-state index contributed by atoms with van der Waals surface area (Å²) in [5, 5.41) is 10.8. The molecule has 0 saturated carbocycles. The Hall–Kier alpha value is -3.08. The Morgan fingerprint density at radius 2 is 1.73 bits per heavy atom. The first-order valence-corrected chi connectivity index (χ1v) is 6.79. The maximum Gasteiger partial charge on any atom is 0.270 e. The van der Waals surface area contributed by atoms with E-state index in [0.29, 0.717) is 0 Å². The number of aromatic nitrogens is 2. The molecule has 5 nitrogen and oxygen atoms in total. The van der Waals surface area contributed by atoms with Crippen molar-refractivity contribution in [2.45, 2.75) is 6.92 Å². The lowest BCUT2D eigenvalue weighted by molar-refractivity contribution is -0.384. The van der Waals surface area contributed by atoms with Crippen LogP contribution in [-0.2, 0) is 0 Å². The van der Waals surface area contributed by atoms with Crippen LogP contribution >= 0.6 is 0 Å². The van der Waals surface area contributed by atoms with Crippen LogP contribution in [0.15, 0.2) is 48.5 Å². The van der Waals surface area contributed by atoms with Crippen molar-refractivity contribution in [1.82, 2.24) is 9.97 Å². The van der Waals surface area contributed by atoms with Crippen LogP contribution in [0.2, 0.25) is 0 Å². The molecule has 0 unspecified atom stereocenters. The second-order valence-electron chi connectivity index (χ2n) is 4.87. The molecule has 0 aliphatic heterocycles. The minimum atomic E-state index is -0.404. The summed E-state index contributed by atoms with van der Waals surface area (Å²) in [7, 11) is 0. The van der Waals surface area contributed by atoms with E-state index >= 15 is 0 Å². The molecule has 2 aromatic carbocycles. The summed E-state index contributed by atoms with van der Waals surface area (Å²) in [6.45, 7) is 1.90. The van der Waals surface area contributed by atoms with Crippen LogP contribution in [0.5, 0.6) is 0 Å². The second kappa shape index (κ2) is 5.73. The Labute approximate surface area is 127 Å². The van der Waals surface area contributed by atoms with Crippen molar-refractivity contribution >= 4 is 28.9 Å². The molecule has 0 saturated heterocycles. The average Bonchev–Trinajstić information content (AvgIpc) is 2.53. The van der Waals surface area contributed by atoms with Crippen LogP contribution in [0, 0.1) is 17.0 Å². The summed E-state index contributed by atoms with van der Waals surface area (Å²) in [6.07, 6.45) is 3.63. The maximum atomic E-state index is 10.8. The molecule has 1 aromatic heterocycles. The third-order valence-corrected chi connectivity index (χ3v) is 3.30. The molecule has 0 amide bonds. The van der Waals surface area contributed by atoms with Crippen molar-refractivity contribution in [1.29, 1.82) is 0 Å². The van der Waals surface area contributed by atoms with E-state index < -0.39 is 4.92 Å². The molecule has 0 spiro atoms. The fourth-order valence-electron chi connectivity index (χ4n) is 2.18. The monoisotopic (exact) mass is 291 g/mol. The van der Waals surface area contributed by atoms with Gasteiger partial charge in [-0.3, -0.25) is 10.1 Å². The lowest BCUT2D eigenvalue weighted by Gasteiger charge is -2.02. The van der Waals surface area contributed by atoms with Gasteiger partial charge < -0.3 is 0 Å². The zero-order valence-corrected chi connectivity index (χ0v) is 11.9. The van der Waals surface area contributed by atoms with E-state index in [4.69, 9.17) is 0 Å². The first kappa shape index (κ1) is 13.9. The third-order valence-electron chi connectivity index (χ3n) is 3.30. The number of para-hydroxylation sites is 2. The van der Waals surface area contributed by atoms with Gasteiger partial charge in [0.25, 0.3) is 5.69 Å². The van der Waals surface area contributed by atoms with Crippen molar-refractivity contribution in [3.8, 4) is 0 Å². The standard InChI is InChI=1S/C17H13N3O2/c1-12-15(19-17-8-3-2-7-16(17)18-12)10-9-13-5-4-6-14(11-13)20(21)22/h2-11H,1H3/b10-9+. The van der Waals surface area contributed by atoms with Crippen LogP contribution in [0.1, 0.15) is 17.0 Å². The van der Waals surface area contributed by atoms with Gasteiger partial charge in [0, 0.05) is 12.1 Å². The van der Waals surface area contributed by atoms with Crippen LogP contribution < -0.4 is 0 Å². The van der Waals surface area contributed by atoms with Crippen LogP contribution in [0.25, 0.3) is 23.2 Å². The summed E-state index contributed by atoms with van der Waals surface area (Å²) in [6, 6.07) is 14.1. The van der Waals surface area contributed by atoms with E-state index in [1.54, 1.807) is 12.1 Å². The molecule has 0 fully saturated rings. The van der Waals surface area contributed by atoms with Gasteiger partial charge in [0.05, 0.1) is 27.3 Å². The van der Waals surface area contributed by atoms with Crippen molar-refractivity contribution < 1.29 is 4.92 Å². The number of nitro groups is 1. The number of nitro benzene ring substituents is 1. The topological polar surface area (TPSA) is 68.9 Å².